The summed E-state index contributed by atoms with van der Waals surface area (Å²) in [7, 11) is 0. The highest BCUT2D eigenvalue weighted by Gasteiger charge is 2.30. The molecule has 0 aromatic carbocycles. The van der Waals surface area contributed by atoms with Gasteiger partial charge < -0.3 is 0 Å². The Morgan fingerprint density at radius 3 is 1.91 bits per heavy atom. The summed E-state index contributed by atoms with van der Waals surface area (Å²) in [6, 6.07) is 0. The molecule has 0 spiro atoms. The number of hydrogen-bond acceptors (Lipinski definition) is 0. The van der Waals surface area contributed by atoms with Crippen molar-refractivity contribution in [2.24, 2.45) is 17.3 Å². The molecule has 1 saturated carbocycles. The first-order valence-electron chi connectivity index (χ1n) is 5.02. The van der Waals surface area contributed by atoms with Crippen molar-refractivity contribution in [2.75, 3.05) is 0 Å². The Bertz CT molecular complexity index is 118. The fourth-order valence-corrected chi connectivity index (χ4v) is 2.60. The molecule has 0 unspecified atom stereocenters. The minimum atomic E-state index is 0.542. The molecule has 0 aromatic heterocycles. The van der Waals surface area contributed by atoms with Crippen molar-refractivity contribution in [1.29, 1.82) is 0 Å². The molecule has 11 heavy (non-hydrogen) atoms. The van der Waals surface area contributed by atoms with Crippen molar-refractivity contribution in [1.82, 2.24) is 0 Å². The van der Waals surface area contributed by atoms with Gasteiger partial charge in [0.2, 0.25) is 0 Å². The van der Waals surface area contributed by atoms with Gasteiger partial charge in [-0.2, -0.15) is 0 Å². The summed E-state index contributed by atoms with van der Waals surface area (Å²) in [6.07, 6.45) is 5.85. The second-order valence-corrected chi connectivity index (χ2v) is 5.23. The summed E-state index contributed by atoms with van der Waals surface area (Å²) in [5.41, 5.74) is 0.542. The molecule has 1 aliphatic rings. The van der Waals surface area contributed by atoms with Crippen molar-refractivity contribution in [3.05, 3.63) is 0 Å². The maximum Gasteiger partial charge on any atom is -0.0340 e. The zero-order valence-corrected chi connectivity index (χ0v) is 8.48. The molecule has 1 fully saturated rings. The molecule has 0 aliphatic heterocycles. The molecule has 0 N–H and O–H groups in total. The Balaban J connectivity index is 2.55. The van der Waals surface area contributed by atoms with E-state index in [0.29, 0.717) is 5.41 Å². The maximum atomic E-state index is 2.43. The number of rotatable bonds is 0. The normalized spacial score (nSPS) is 33.8. The molecule has 0 aromatic rings. The topological polar surface area (TPSA) is 0 Å². The second-order valence-electron chi connectivity index (χ2n) is 5.23. The lowest BCUT2D eigenvalue weighted by molar-refractivity contribution is 0.119. The molecular formula is C11H22. The molecule has 0 radical (unpaired) electrons. The average molecular weight is 154 g/mol. The van der Waals surface area contributed by atoms with E-state index in [9.17, 15) is 0 Å². The Labute approximate surface area is 71.4 Å². The Morgan fingerprint density at radius 2 is 1.55 bits per heavy atom. The van der Waals surface area contributed by atoms with E-state index in [1.54, 1.807) is 0 Å². The van der Waals surface area contributed by atoms with Crippen molar-refractivity contribution >= 4 is 0 Å². The van der Waals surface area contributed by atoms with E-state index in [4.69, 9.17) is 0 Å². The lowest BCUT2D eigenvalue weighted by atomic mass is 9.67. The molecule has 0 nitrogen and oxygen atoms in total. The summed E-state index contributed by atoms with van der Waals surface area (Å²) < 4.78 is 0. The van der Waals surface area contributed by atoms with Crippen LogP contribution in [0.15, 0.2) is 0 Å². The quantitative estimate of drug-likeness (QED) is 0.497. The van der Waals surface area contributed by atoms with E-state index >= 15 is 0 Å². The first-order chi connectivity index (χ1) is 5.02. The number of hydrogen-bond donors (Lipinski definition) is 0. The lowest BCUT2D eigenvalue weighted by Gasteiger charge is -2.38. The standard InChI is InChI=1S/C11H22/c1-9-7-5-6-8-10(9)11(2,3)4/h9-10H,5-8H2,1-4H3/t9-,10+/m1/s1. The first-order valence-corrected chi connectivity index (χ1v) is 5.02. The van der Waals surface area contributed by atoms with E-state index < -0.39 is 0 Å². The van der Waals surface area contributed by atoms with E-state index in [1.165, 1.54) is 25.7 Å². The van der Waals surface area contributed by atoms with Crippen LogP contribution < -0.4 is 0 Å². The molecule has 0 saturated heterocycles. The monoisotopic (exact) mass is 154 g/mol. The SMILES string of the molecule is C[C@@H]1CCCC[C@@H]1C(C)(C)C. The van der Waals surface area contributed by atoms with Crippen LogP contribution in [0.2, 0.25) is 0 Å². The van der Waals surface area contributed by atoms with Crippen LogP contribution in [0.4, 0.5) is 0 Å². The Morgan fingerprint density at radius 1 is 1.00 bits per heavy atom. The minimum Gasteiger partial charge on any atom is -0.0622 e. The van der Waals surface area contributed by atoms with Crippen molar-refractivity contribution in [3.63, 3.8) is 0 Å². The Kier molecular flexibility index (Phi) is 2.61. The van der Waals surface area contributed by atoms with Crippen LogP contribution in [0.3, 0.4) is 0 Å². The molecule has 2 atom stereocenters. The summed E-state index contributed by atoms with van der Waals surface area (Å²) >= 11 is 0. The minimum absolute atomic E-state index is 0.542. The fraction of sp³-hybridized carbons (Fsp3) is 1.00. The maximum absolute atomic E-state index is 2.43. The second kappa shape index (κ2) is 3.16. The van der Waals surface area contributed by atoms with E-state index in [2.05, 4.69) is 27.7 Å². The average Bonchev–Trinajstić information content (AvgIpc) is 1.86. The molecule has 1 rings (SSSR count). The smallest absolute Gasteiger partial charge is 0.0340 e. The van der Waals surface area contributed by atoms with Crippen LogP contribution in [0, 0.1) is 17.3 Å². The zero-order chi connectivity index (χ0) is 8.48. The van der Waals surface area contributed by atoms with Gasteiger partial charge in [-0.1, -0.05) is 47.0 Å². The molecule has 0 amide bonds. The van der Waals surface area contributed by atoms with Gasteiger partial charge in [0.15, 0.2) is 0 Å². The summed E-state index contributed by atoms with van der Waals surface area (Å²) in [5.74, 6) is 1.93. The van der Waals surface area contributed by atoms with E-state index in [-0.39, 0.29) is 0 Å². The van der Waals surface area contributed by atoms with Crippen LogP contribution in [0.1, 0.15) is 53.4 Å². The lowest BCUT2D eigenvalue weighted by Crippen LogP contribution is -2.29. The molecule has 0 bridgehead atoms. The van der Waals surface area contributed by atoms with Crippen molar-refractivity contribution in [3.8, 4) is 0 Å². The summed E-state index contributed by atoms with van der Waals surface area (Å²) in [5, 5.41) is 0. The van der Waals surface area contributed by atoms with Crippen LogP contribution >= 0.6 is 0 Å². The molecule has 0 heterocycles. The fourth-order valence-electron chi connectivity index (χ4n) is 2.60. The highest BCUT2D eigenvalue weighted by atomic mass is 14.4. The summed E-state index contributed by atoms with van der Waals surface area (Å²) in [6.45, 7) is 9.59. The van der Waals surface area contributed by atoms with Crippen molar-refractivity contribution in [2.45, 2.75) is 53.4 Å². The van der Waals surface area contributed by atoms with Gasteiger partial charge in [0.25, 0.3) is 0 Å². The first kappa shape index (κ1) is 9.09. The molecular weight excluding hydrogens is 132 g/mol. The van der Waals surface area contributed by atoms with Crippen LogP contribution in [0.5, 0.6) is 0 Å². The predicted octanol–water partition coefficient (Wildman–Crippen LogP) is 3.86. The van der Waals surface area contributed by atoms with Gasteiger partial charge in [0, 0.05) is 0 Å². The highest BCUT2D eigenvalue weighted by Crippen LogP contribution is 2.41. The van der Waals surface area contributed by atoms with Crippen LogP contribution in [0.25, 0.3) is 0 Å². The van der Waals surface area contributed by atoms with Gasteiger partial charge in [-0.05, 0) is 23.7 Å². The third-order valence-electron chi connectivity index (χ3n) is 3.22. The molecule has 1 aliphatic carbocycles. The summed E-state index contributed by atoms with van der Waals surface area (Å²) in [4.78, 5) is 0. The third-order valence-corrected chi connectivity index (χ3v) is 3.22. The third kappa shape index (κ3) is 2.21. The molecule has 0 heteroatoms. The Hall–Kier alpha value is 0. The van der Waals surface area contributed by atoms with E-state index in [0.717, 1.165) is 11.8 Å². The predicted molar refractivity (Wildman–Crippen MR) is 50.6 cm³/mol. The molecule has 66 valence electrons. The largest absolute Gasteiger partial charge is 0.0622 e. The van der Waals surface area contributed by atoms with Gasteiger partial charge in [-0.15, -0.1) is 0 Å². The van der Waals surface area contributed by atoms with Gasteiger partial charge in [0.1, 0.15) is 0 Å². The van der Waals surface area contributed by atoms with Crippen LogP contribution in [-0.4, -0.2) is 0 Å². The highest BCUT2D eigenvalue weighted by molar-refractivity contribution is 4.81. The van der Waals surface area contributed by atoms with Gasteiger partial charge in [-0.25, -0.2) is 0 Å². The van der Waals surface area contributed by atoms with E-state index in [1.807, 2.05) is 0 Å². The van der Waals surface area contributed by atoms with Crippen LogP contribution in [-0.2, 0) is 0 Å². The van der Waals surface area contributed by atoms with Gasteiger partial charge in [-0.3, -0.25) is 0 Å². The van der Waals surface area contributed by atoms with Gasteiger partial charge in [0.05, 0.1) is 0 Å². The van der Waals surface area contributed by atoms with Crippen molar-refractivity contribution < 1.29 is 0 Å². The van der Waals surface area contributed by atoms with Gasteiger partial charge >= 0.3 is 0 Å². The zero-order valence-electron chi connectivity index (χ0n) is 8.48.